The van der Waals surface area contributed by atoms with E-state index in [4.69, 9.17) is 0 Å². The second kappa shape index (κ2) is 18.0. The maximum atomic E-state index is 2.66. The van der Waals surface area contributed by atoms with E-state index < -0.39 is 0 Å². The molecule has 0 N–H and O–H groups in total. The van der Waals surface area contributed by atoms with Crippen LogP contribution in [0, 0.1) is 5.92 Å². The predicted molar refractivity (Wildman–Crippen MR) is 260 cm³/mol. The SMILES string of the molecule is C1=CC(C2=CC=C(C3=C(C4=CCCCC4)CC(N(C4=CC=C(c5ccccc5)CC4)c4ccc(-c5ccc(-c6ccccc6)cc5)cc4)C=C3)CC2)CC=C1c1ccccc1. The van der Waals surface area contributed by atoms with Crippen LogP contribution in [0.3, 0.4) is 0 Å². The summed E-state index contributed by atoms with van der Waals surface area (Å²) >= 11 is 0. The summed E-state index contributed by atoms with van der Waals surface area (Å²) < 4.78 is 0. The molecule has 0 amide bonds. The quantitative estimate of drug-likeness (QED) is 0.136. The Hall–Kier alpha value is -6.44. The summed E-state index contributed by atoms with van der Waals surface area (Å²) in [7, 11) is 0. The molecule has 0 bridgehead atoms. The lowest BCUT2D eigenvalue weighted by Gasteiger charge is -2.39. The number of benzene rings is 5. The predicted octanol–water partition coefficient (Wildman–Crippen LogP) is 16.0. The Bertz CT molecular complexity index is 2640. The highest BCUT2D eigenvalue weighted by atomic mass is 15.2. The number of rotatable bonds is 10. The van der Waals surface area contributed by atoms with Crippen molar-refractivity contribution in [2.75, 3.05) is 4.90 Å². The van der Waals surface area contributed by atoms with E-state index in [2.05, 4.69) is 205 Å². The molecule has 1 nitrogen and oxygen atoms in total. The summed E-state index contributed by atoms with van der Waals surface area (Å²) in [5, 5.41) is 0. The minimum Gasteiger partial charge on any atom is -0.338 e. The van der Waals surface area contributed by atoms with Crippen LogP contribution in [0.4, 0.5) is 5.69 Å². The monoisotopic (exact) mass is 789 g/mol. The maximum Gasteiger partial charge on any atom is 0.0563 e. The van der Waals surface area contributed by atoms with Gasteiger partial charge in [0, 0.05) is 17.3 Å². The number of hydrogen-bond donors (Lipinski definition) is 0. The fourth-order valence-corrected chi connectivity index (χ4v) is 10.1. The van der Waals surface area contributed by atoms with Gasteiger partial charge in [-0.05, 0) is 149 Å². The Morgan fingerprint density at radius 2 is 1.07 bits per heavy atom. The molecule has 0 aromatic heterocycles. The van der Waals surface area contributed by atoms with Gasteiger partial charge < -0.3 is 4.90 Å². The third-order valence-corrected chi connectivity index (χ3v) is 13.5. The van der Waals surface area contributed by atoms with E-state index >= 15 is 0 Å². The van der Waals surface area contributed by atoms with Gasteiger partial charge in [0.25, 0.3) is 0 Å². The van der Waals surface area contributed by atoms with Crippen molar-refractivity contribution >= 4 is 16.8 Å². The van der Waals surface area contributed by atoms with Crippen LogP contribution in [0.5, 0.6) is 0 Å². The zero-order chi connectivity index (χ0) is 40.8. The fourth-order valence-electron chi connectivity index (χ4n) is 10.1. The molecule has 61 heavy (non-hydrogen) atoms. The van der Waals surface area contributed by atoms with Gasteiger partial charge >= 0.3 is 0 Å². The zero-order valence-corrected chi connectivity index (χ0v) is 35.2. The molecule has 0 radical (unpaired) electrons. The Morgan fingerprint density at radius 1 is 0.443 bits per heavy atom. The largest absolute Gasteiger partial charge is 0.338 e. The first-order chi connectivity index (χ1) is 30.2. The van der Waals surface area contributed by atoms with Crippen molar-refractivity contribution in [3.05, 3.63) is 245 Å². The topological polar surface area (TPSA) is 3.24 Å². The molecule has 5 aliphatic carbocycles. The number of hydrogen-bond acceptors (Lipinski definition) is 1. The summed E-state index contributed by atoms with van der Waals surface area (Å²) in [6.07, 6.45) is 35.8. The first-order valence-electron chi connectivity index (χ1n) is 22.7. The minimum atomic E-state index is 0.226. The second-order valence-corrected chi connectivity index (χ2v) is 17.2. The highest BCUT2D eigenvalue weighted by molar-refractivity contribution is 5.76. The molecule has 5 aliphatic rings. The van der Waals surface area contributed by atoms with Gasteiger partial charge in [0.05, 0.1) is 6.04 Å². The normalized spacial score (nSPS) is 20.2. The molecule has 0 fully saturated rings. The average molecular weight is 790 g/mol. The summed E-state index contributed by atoms with van der Waals surface area (Å²) in [6.45, 7) is 0. The first kappa shape index (κ1) is 38.7. The van der Waals surface area contributed by atoms with E-state index in [0.717, 1.165) is 38.5 Å². The number of anilines is 1. The zero-order valence-electron chi connectivity index (χ0n) is 35.2. The Kier molecular flexibility index (Phi) is 11.5. The third kappa shape index (κ3) is 8.61. The maximum absolute atomic E-state index is 2.66. The molecule has 1 heteroatoms. The summed E-state index contributed by atoms with van der Waals surface area (Å²) in [6, 6.07) is 51.0. The second-order valence-electron chi connectivity index (χ2n) is 17.2. The standard InChI is InChI=1S/C60H55N/c1-5-13-44(14-6-1)47-21-25-49(26-22-47)51-29-31-55(32-30-51)59-42-41-58(43-60(59)54-19-11-4-12-20-54)61(56-37-33-52(34-38-56)46-17-9-3-10-18-46)57-39-35-53(36-40-57)50-27-23-48(24-28-50)45-15-7-2-8-16-45/h1-3,5-10,13-19,21-25,27-29,31,33,35-37,39-42,49,58H,4,11-12,20,26,30,32,34,38,43H2. The molecule has 0 aliphatic heterocycles. The van der Waals surface area contributed by atoms with Crippen molar-refractivity contribution in [2.45, 2.75) is 70.3 Å². The van der Waals surface area contributed by atoms with Gasteiger partial charge in [-0.25, -0.2) is 0 Å². The van der Waals surface area contributed by atoms with Crippen molar-refractivity contribution in [3.63, 3.8) is 0 Å². The summed E-state index contributed by atoms with van der Waals surface area (Å²) in [5.41, 5.74) is 20.7. The van der Waals surface area contributed by atoms with Gasteiger partial charge in [0.1, 0.15) is 0 Å². The van der Waals surface area contributed by atoms with E-state index in [-0.39, 0.29) is 6.04 Å². The van der Waals surface area contributed by atoms with E-state index in [1.54, 1.807) is 16.7 Å². The lowest BCUT2D eigenvalue weighted by atomic mass is 9.77. The lowest BCUT2D eigenvalue weighted by molar-refractivity contribution is 0.665. The molecule has 2 unspecified atom stereocenters. The van der Waals surface area contributed by atoms with Gasteiger partial charge in [-0.15, -0.1) is 0 Å². The van der Waals surface area contributed by atoms with Crippen LogP contribution in [-0.4, -0.2) is 6.04 Å². The molecule has 10 rings (SSSR count). The molecule has 300 valence electrons. The first-order valence-corrected chi connectivity index (χ1v) is 22.7. The molecular weight excluding hydrogens is 735 g/mol. The number of nitrogens with zero attached hydrogens (tertiary/aromatic N) is 1. The Balaban J connectivity index is 0.948. The number of allylic oxidation sites excluding steroid dienone is 16. The van der Waals surface area contributed by atoms with Crippen LogP contribution < -0.4 is 4.90 Å². The van der Waals surface area contributed by atoms with Gasteiger partial charge in [-0.1, -0.05) is 188 Å². The van der Waals surface area contributed by atoms with Crippen molar-refractivity contribution in [2.24, 2.45) is 5.92 Å². The van der Waals surface area contributed by atoms with Crippen LogP contribution in [0.25, 0.3) is 33.4 Å². The highest BCUT2D eigenvalue weighted by Gasteiger charge is 2.30. The van der Waals surface area contributed by atoms with Crippen molar-refractivity contribution in [1.29, 1.82) is 0 Å². The Labute approximate surface area is 363 Å². The van der Waals surface area contributed by atoms with E-state index in [1.807, 2.05) is 0 Å². The molecular formula is C60H55N. The van der Waals surface area contributed by atoms with E-state index in [9.17, 15) is 0 Å². The van der Waals surface area contributed by atoms with Crippen molar-refractivity contribution < 1.29 is 0 Å². The van der Waals surface area contributed by atoms with E-state index in [1.165, 1.54) is 92.7 Å². The van der Waals surface area contributed by atoms with Crippen LogP contribution in [0.15, 0.2) is 234 Å². The van der Waals surface area contributed by atoms with Crippen molar-refractivity contribution in [3.8, 4) is 22.3 Å². The highest BCUT2D eigenvalue weighted by Crippen LogP contribution is 2.43. The Morgan fingerprint density at radius 3 is 1.66 bits per heavy atom. The molecule has 0 spiro atoms. The fraction of sp³-hybridized carbons (Fsp3) is 0.200. The molecule has 5 aromatic carbocycles. The average Bonchev–Trinajstić information content (AvgIpc) is 3.36. The third-order valence-electron chi connectivity index (χ3n) is 13.5. The van der Waals surface area contributed by atoms with E-state index in [0.29, 0.717) is 5.92 Å². The molecule has 0 saturated heterocycles. The molecule has 2 atom stereocenters. The van der Waals surface area contributed by atoms with Gasteiger partial charge in [-0.2, -0.15) is 0 Å². The van der Waals surface area contributed by atoms with Gasteiger partial charge in [-0.3, -0.25) is 0 Å². The van der Waals surface area contributed by atoms with Crippen LogP contribution in [-0.2, 0) is 0 Å². The van der Waals surface area contributed by atoms with Crippen molar-refractivity contribution in [1.82, 2.24) is 0 Å². The minimum absolute atomic E-state index is 0.226. The summed E-state index contributed by atoms with van der Waals surface area (Å²) in [5.74, 6) is 0.486. The van der Waals surface area contributed by atoms with Gasteiger partial charge in [0.15, 0.2) is 0 Å². The van der Waals surface area contributed by atoms with Crippen LogP contribution in [0.1, 0.15) is 75.3 Å². The van der Waals surface area contributed by atoms with Gasteiger partial charge in [0.2, 0.25) is 0 Å². The lowest BCUT2D eigenvalue weighted by Crippen LogP contribution is -2.35. The van der Waals surface area contributed by atoms with Crippen LogP contribution >= 0.6 is 0 Å². The summed E-state index contributed by atoms with van der Waals surface area (Å²) in [4.78, 5) is 2.66. The molecule has 5 aromatic rings. The smallest absolute Gasteiger partial charge is 0.0563 e. The van der Waals surface area contributed by atoms with Crippen LogP contribution in [0.2, 0.25) is 0 Å². The molecule has 0 heterocycles. The molecule has 0 saturated carbocycles.